The number of rotatable bonds is 3. The molecule has 0 amide bonds. The zero-order chi connectivity index (χ0) is 16.7. The topological polar surface area (TPSA) is 72.5 Å². The Balaban J connectivity index is 1.65. The molecule has 7 nitrogen and oxygen atoms in total. The van der Waals surface area contributed by atoms with E-state index in [0.29, 0.717) is 10.7 Å². The van der Waals surface area contributed by atoms with Crippen molar-refractivity contribution >= 4 is 22.0 Å². The van der Waals surface area contributed by atoms with Crippen molar-refractivity contribution < 1.29 is 0 Å². The molecule has 0 aliphatic carbocycles. The van der Waals surface area contributed by atoms with Gasteiger partial charge in [-0.15, -0.1) is 11.3 Å². The molecule has 0 spiro atoms. The second kappa shape index (κ2) is 5.86. The summed E-state index contributed by atoms with van der Waals surface area (Å²) in [7, 11) is 0. The number of hydrogen-bond acceptors (Lipinski definition) is 6. The van der Waals surface area contributed by atoms with E-state index in [0.717, 1.165) is 36.5 Å². The van der Waals surface area contributed by atoms with Crippen LogP contribution < -0.4 is 16.0 Å². The summed E-state index contributed by atoms with van der Waals surface area (Å²) in [5, 5.41) is 4.25. The van der Waals surface area contributed by atoms with Crippen LogP contribution in [0.25, 0.3) is 4.96 Å². The molecule has 3 aromatic rings. The van der Waals surface area contributed by atoms with Crippen molar-refractivity contribution in [1.29, 1.82) is 0 Å². The second-order valence-electron chi connectivity index (χ2n) is 5.98. The molecule has 8 heteroatoms. The highest BCUT2D eigenvalue weighted by atomic mass is 32.1. The molecule has 1 saturated heterocycles. The van der Waals surface area contributed by atoms with Crippen LogP contribution in [-0.2, 0) is 6.54 Å². The van der Waals surface area contributed by atoms with Gasteiger partial charge in [-0.2, -0.15) is 5.10 Å². The summed E-state index contributed by atoms with van der Waals surface area (Å²) in [5.74, 6) is 0. The van der Waals surface area contributed by atoms with Crippen LogP contribution in [0.2, 0.25) is 0 Å². The van der Waals surface area contributed by atoms with Gasteiger partial charge in [-0.05, 0) is 19.8 Å². The van der Waals surface area contributed by atoms with Gasteiger partial charge in [0, 0.05) is 36.3 Å². The molecule has 124 valence electrons. The molecule has 4 rings (SSSR count). The van der Waals surface area contributed by atoms with E-state index in [4.69, 9.17) is 0 Å². The summed E-state index contributed by atoms with van der Waals surface area (Å²) < 4.78 is 2.87. The molecule has 0 saturated carbocycles. The molecule has 0 atom stereocenters. The van der Waals surface area contributed by atoms with Crippen molar-refractivity contribution in [3.8, 4) is 0 Å². The normalized spacial score (nSPS) is 14.6. The Kier molecular flexibility index (Phi) is 3.68. The number of thiazole rings is 1. The molecule has 0 unspecified atom stereocenters. The van der Waals surface area contributed by atoms with Crippen molar-refractivity contribution in [3.05, 3.63) is 55.8 Å². The van der Waals surface area contributed by atoms with E-state index in [9.17, 15) is 9.59 Å². The summed E-state index contributed by atoms with van der Waals surface area (Å²) in [5.41, 5.74) is 1.10. The van der Waals surface area contributed by atoms with Crippen LogP contribution in [-0.4, -0.2) is 32.3 Å². The Morgan fingerprint density at radius 2 is 1.96 bits per heavy atom. The smallest absolute Gasteiger partial charge is 0.269 e. The molecule has 1 aliphatic rings. The Hall–Kier alpha value is -2.48. The first-order valence-electron chi connectivity index (χ1n) is 7.91. The van der Waals surface area contributed by atoms with Gasteiger partial charge in [0.1, 0.15) is 0 Å². The summed E-state index contributed by atoms with van der Waals surface area (Å²) in [6, 6.07) is 3.07. The fourth-order valence-electron chi connectivity index (χ4n) is 2.98. The third-order valence-corrected chi connectivity index (χ3v) is 5.07. The largest absolute Gasteiger partial charge is 0.370 e. The highest BCUT2D eigenvalue weighted by Crippen LogP contribution is 2.17. The quantitative estimate of drug-likeness (QED) is 0.716. The minimum Gasteiger partial charge on any atom is -0.370 e. The molecular weight excluding hydrogens is 326 g/mol. The average Bonchev–Trinajstić information content (AvgIpc) is 3.18. The van der Waals surface area contributed by atoms with Crippen LogP contribution in [0.5, 0.6) is 0 Å². The van der Waals surface area contributed by atoms with Crippen molar-refractivity contribution in [2.45, 2.75) is 26.3 Å². The van der Waals surface area contributed by atoms with Crippen LogP contribution in [0.3, 0.4) is 0 Å². The Labute approximate surface area is 141 Å². The fraction of sp³-hybridized carbons (Fsp3) is 0.375. The second-order valence-corrected chi connectivity index (χ2v) is 7.20. The highest BCUT2D eigenvalue weighted by molar-refractivity contribution is 7.16. The van der Waals surface area contributed by atoms with E-state index in [-0.39, 0.29) is 17.7 Å². The number of nitrogens with zero attached hydrogens (tertiary/aromatic N) is 5. The van der Waals surface area contributed by atoms with E-state index in [1.165, 1.54) is 26.5 Å². The van der Waals surface area contributed by atoms with Gasteiger partial charge in [0.2, 0.25) is 0 Å². The molecule has 3 aromatic heterocycles. The molecule has 0 radical (unpaired) electrons. The van der Waals surface area contributed by atoms with E-state index in [1.807, 2.05) is 6.92 Å². The predicted molar refractivity (Wildman–Crippen MR) is 93.1 cm³/mol. The minimum absolute atomic E-state index is 0.138. The first-order chi connectivity index (χ1) is 11.6. The van der Waals surface area contributed by atoms with Gasteiger partial charge in [0.25, 0.3) is 11.1 Å². The summed E-state index contributed by atoms with van der Waals surface area (Å²) in [4.78, 5) is 32.7. The fourth-order valence-corrected chi connectivity index (χ4v) is 3.83. The summed E-state index contributed by atoms with van der Waals surface area (Å²) in [6.45, 7) is 4.07. The Morgan fingerprint density at radius 3 is 2.71 bits per heavy atom. The zero-order valence-electron chi connectivity index (χ0n) is 13.3. The molecule has 4 heterocycles. The van der Waals surface area contributed by atoms with Crippen LogP contribution in [0.15, 0.2) is 34.1 Å². The van der Waals surface area contributed by atoms with Crippen LogP contribution in [0.1, 0.15) is 23.4 Å². The number of fused-ring (bicyclic) bond motifs is 1. The molecule has 24 heavy (non-hydrogen) atoms. The van der Waals surface area contributed by atoms with Gasteiger partial charge in [0.05, 0.1) is 24.1 Å². The monoisotopic (exact) mass is 343 g/mol. The maximum atomic E-state index is 12.3. The van der Waals surface area contributed by atoms with Crippen molar-refractivity contribution in [3.63, 3.8) is 0 Å². The van der Waals surface area contributed by atoms with Gasteiger partial charge in [-0.25, -0.2) is 9.67 Å². The summed E-state index contributed by atoms with van der Waals surface area (Å²) in [6.07, 6.45) is 5.79. The first-order valence-corrected chi connectivity index (χ1v) is 8.73. The summed E-state index contributed by atoms with van der Waals surface area (Å²) >= 11 is 1.45. The van der Waals surface area contributed by atoms with Crippen molar-refractivity contribution in [1.82, 2.24) is 19.2 Å². The lowest BCUT2D eigenvalue weighted by Gasteiger charge is -2.16. The number of aromatic nitrogens is 4. The molecule has 0 N–H and O–H groups in total. The zero-order valence-corrected chi connectivity index (χ0v) is 14.1. The predicted octanol–water partition coefficient (Wildman–Crippen LogP) is 1.27. The van der Waals surface area contributed by atoms with Gasteiger partial charge < -0.3 is 4.90 Å². The molecule has 1 fully saturated rings. The number of aryl methyl sites for hydroxylation is 1. The van der Waals surface area contributed by atoms with Gasteiger partial charge in [-0.1, -0.05) is 0 Å². The lowest BCUT2D eigenvalue weighted by Crippen LogP contribution is -2.27. The highest BCUT2D eigenvalue weighted by Gasteiger charge is 2.14. The van der Waals surface area contributed by atoms with Gasteiger partial charge in [-0.3, -0.25) is 14.0 Å². The number of hydrogen-bond donors (Lipinski definition) is 0. The van der Waals surface area contributed by atoms with E-state index < -0.39 is 0 Å². The van der Waals surface area contributed by atoms with Gasteiger partial charge in [0.15, 0.2) is 4.96 Å². The van der Waals surface area contributed by atoms with Crippen LogP contribution >= 0.6 is 11.3 Å². The van der Waals surface area contributed by atoms with E-state index >= 15 is 0 Å². The molecule has 1 aliphatic heterocycles. The van der Waals surface area contributed by atoms with Crippen molar-refractivity contribution in [2.75, 3.05) is 18.0 Å². The van der Waals surface area contributed by atoms with Crippen LogP contribution in [0.4, 0.5) is 5.69 Å². The average molecular weight is 343 g/mol. The third kappa shape index (κ3) is 2.73. The maximum absolute atomic E-state index is 12.3. The standard InChI is InChI=1S/C16H17N5O2S/c1-11-9-20-14(22)6-12(18-16(20)24-11)10-21-15(23)7-13(8-17-21)19-4-2-3-5-19/h6-9H,2-5,10H2,1H3. The van der Waals surface area contributed by atoms with E-state index in [1.54, 1.807) is 18.5 Å². The first kappa shape index (κ1) is 15.1. The van der Waals surface area contributed by atoms with Crippen LogP contribution in [0, 0.1) is 6.92 Å². The number of anilines is 1. The Bertz CT molecular complexity index is 1010. The SMILES string of the molecule is Cc1cn2c(=O)cc(Cn3ncc(N4CCCC4)cc3=O)nc2s1. The molecule has 0 aromatic carbocycles. The third-order valence-electron chi connectivity index (χ3n) is 4.17. The molecular formula is C16H17N5O2S. The van der Waals surface area contributed by atoms with Crippen molar-refractivity contribution in [2.24, 2.45) is 0 Å². The lowest BCUT2D eigenvalue weighted by atomic mass is 10.4. The maximum Gasteiger partial charge on any atom is 0.269 e. The Morgan fingerprint density at radius 1 is 1.17 bits per heavy atom. The minimum atomic E-state index is -0.177. The molecule has 0 bridgehead atoms. The van der Waals surface area contributed by atoms with Gasteiger partial charge >= 0.3 is 0 Å². The van der Waals surface area contributed by atoms with E-state index in [2.05, 4.69) is 15.0 Å². The lowest BCUT2D eigenvalue weighted by molar-refractivity contribution is 0.626.